The van der Waals surface area contributed by atoms with Gasteiger partial charge in [0.1, 0.15) is 0 Å². The fourth-order valence-corrected chi connectivity index (χ4v) is 1.76. The van der Waals surface area contributed by atoms with Crippen molar-refractivity contribution in [3.05, 3.63) is 0 Å². The largest absolute Gasteiger partial charge is 0.381 e. The fourth-order valence-electron chi connectivity index (χ4n) is 1.76. The lowest BCUT2D eigenvalue weighted by Gasteiger charge is -2.33. The Balaban J connectivity index is 2.50. The Morgan fingerprint density at radius 3 is 2.47 bits per heavy atom. The lowest BCUT2D eigenvalue weighted by atomic mass is 10.1. The SMILES string of the molecule is COC1CCN(C(=NC(C)C)NN)CC1. The van der Waals surface area contributed by atoms with Gasteiger partial charge in [0.25, 0.3) is 0 Å². The summed E-state index contributed by atoms with van der Waals surface area (Å²) in [5.74, 6) is 6.26. The molecule has 0 aromatic carbocycles. The zero-order chi connectivity index (χ0) is 11.3. The zero-order valence-electron chi connectivity index (χ0n) is 9.86. The average Bonchev–Trinajstić information content (AvgIpc) is 2.26. The van der Waals surface area contributed by atoms with Crippen molar-refractivity contribution in [3.8, 4) is 0 Å². The van der Waals surface area contributed by atoms with Crippen molar-refractivity contribution in [1.29, 1.82) is 0 Å². The number of ether oxygens (including phenoxy) is 1. The molecule has 1 aliphatic rings. The van der Waals surface area contributed by atoms with E-state index in [0.717, 1.165) is 31.9 Å². The van der Waals surface area contributed by atoms with E-state index in [9.17, 15) is 0 Å². The van der Waals surface area contributed by atoms with Gasteiger partial charge in [0, 0.05) is 26.2 Å². The number of nitrogens with zero attached hydrogens (tertiary/aromatic N) is 2. The Kier molecular flexibility index (Phi) is 4.84. The summed E-state index contributed by atoms with van der Waals surface area (Å²) in [6, 6.07) is 0.260. The quantitative estimate of drug-likeness (QED) is 0.301. The van der Waals surface area contributed by atoms with Crippen LogP contribution >= 0.6 is 0 Å². The number of guanidine groups is 1. The first-order valence-corrected chi connectivity index (χ1v) is 5.49. The molecule has 0 aromatic rings. The van der Waals surface area contributed by atoms with Crippen molar-refractivity contribution in [3.63, 3.8) is 0 Å². The maximum atomic E-state index is 5.47. The third-order valence-electron chi connectivity index (χ3n) is 2.58. The Morgan fingerprint density at radius 1 is 1.47 bits per heavy atom. The topological polar surface area (TPSA) is 62.9 Å². The predicted molar refractivity (Wildman–Crippen MR) is 61.5 cm³/mol. The minimum absolute atomic E-state index is 0.260. The van der Waals surface area contributed by atoms with E-state index < -0.39 is 0 Å². The van der Waals surface area contributed by atoms with Crippen LogP contribution in [0.2, 0.25) is 0 Å². The summed E-state index contributed by atoms with van der Waals surface area (Å²) in [4.78, 5) is 6.61. The second kappa shape index (κ2) is 5.92. The molecule has 0 spiro atoms. The monoisotopic (exact) mass is 214 g/mol. The molecule has 0 bridgehead atoms. The lowest BCUT2D eigenvalue weighted by molar-refractivity contribution is 0.0570. The third kappa shape index (κ3) is 3.68. The molecule has 1 fully saturated rings. The highest BCUT2D eigenvalue weighted by Gasteiger charge is 2.20. The van der Waals surface area contributed by atoms with Gasteiger partial charge < -0.3 is 9.64 Å². The van der Waals surface area contributed by atoms with E-state index in [0.29, 0.717) is 6.10 Å². The van der Waals surface area contributed by atoms with E-state index in [1.165, 1.54) is 0 Å². The average molecular weight is 214 g/mol. The van der Waals surface area contributed by atoms with Gasteiger partial charge in [0.05, 0.1) is 6.10 Å². The molecule has 1 heterocycles. The minimum atomic E-state index is 0.260. The second-order valence-electron chi connectivity index (χ2n) is 4.11. The molecule has 1 aliphatic heterocycles. The van der Waals surface area contributed by atoms with Crippen LogP contribution in [0.5, 0.6) is 0 Å². The van der Waals surface area contributed by atoms with E-state index in [1.54, 1.807) is 7.11 Å². The molecule has 1 saturated heterocycles. The first kappa shape index (κ1) is 12.3. The minimum Gasteiger partial charge on any atom is -0.381 e. The van der Waals surface area contributed by atoms with Crippen LogP contribution in [0.1, 0.15) is 26.7 Å². The van der Waals surface area contributed by atoms with Crippen molar-refractivity contribution in [2.24, 2.45) is 10.8 Å². The molecule has 1 rings (SSSR count). The van der Waals surface area contributed by atoms with E-state index in [2.05, 4.69) is 15.3 Å². The number of hydrazine groups is 1. The van der Waals surface area contributed by atoms with Crippen LogP contribution in [0.25, 0.3) is 0 Å². The van der Waals surface area contributed by atoms with E-state index in [1.807, 2.05) is 13.8 Å². The molecule has 0 radical (unpaired) electrons. The van der Waals surface area contributed by atoms with Gasteiger partial charge in [-0.15, -0.1) is 0 Å². The number of nitrogens with one attached hydrogen (secondary N) is 1. The molecule has 5 nitrogen and oxygen atoms in total. The van der Waals surface area contributed by atoms with Gasteiger partial charge in [-0.3, -0.25) is 5.43 Å². The molecule has 88 valence electrons. The molecule has 0 amide bonds. The summed E-state index contributed by atoms with van der Waals surface area (Å²) in [5, 5.41) is 0. The van der Waals surface area contributed by atoms with Crippen LogP contribution in [0.4, 0.5) is 0 Å². The Morgan fingerprint density at radius 2 is 2.07 bits per heavy atom. The number of piperidine rings is 1. The fraction of sp³-hybridized carbons (Fsp3) is 0.900. The van der Waals surface area contributed by atoms with Gasteiger partial charge in [0.15, 0.2) is 0 Å². The van der Waals surface area contributed by atoms with Crippen molar-refractivity contribution in [2.45, 2.75) is 38.8 Å². The molecular weight excluding hydrogens is 192 g/mol. The summed E-state index contributed by atoms with van der Waals surface area (Å²) in [6.45, 7) is 5.99. The van der Waals surface area contributed by atoms with Crippen molar-refractivity contribution in [1.82, 2.24) is 10.3 Å². The van der Waals surface area contributed by atoms with Crippen molar-refractivity contribution in [2.75, 3.05) is 20.2 Å². The smallest absolute Gasteiger partial charge is 0.208 e. The summed E-state index contributed by atoms with van der Waals surface area (Å²) < 4.78 is 5.32. The number of rotatable bonds is 2. The second-order valence-corrected chi connectivity index (χ2v) is 4.11. The number of hydrogen-bond acceptors (Lipinski definition) is 3. The molecule has 0 saturated carbocycles. The van der Waals surface area contributed by atoms with Crippen LogP contribution in [-0.2, 0) is 4.74 Å². The summed E-state index contributed by atoms with van der Waals surface area (Å²) in [6.07, 6.45) is 2.46. The van der Waals surface area contributed by atoms with E-state index >= 15 is 0 Å². The van der Waals surface area contributed by atoms with Gasteiger partial charge in [-0.1, -0.05) is 0 Å². The maximum absolute atomic E-state index is 5.47. The molecule has 15 heavy (non-hydrogen) atoms. The van der Waals surface area contributed by atoms with Crippen LogP contribution in [-0.4, -0.2) is 43.2 Å². The highest BCUT2D eigenvalue weighted by Crippen LogP contribution is 2.12. The molecule has 0 aromatic heterocycles. The standard InChI is InChI=1S/C10H22N4O/c1-8(2)12-10(13-11)14-6-4-9(15-3)5-7-14/h8-9H,4-7,11H2,1-3H3,(H,12,13). The molecule has 5 heteroatoms. The molecule has 0 atom stereocenters. The Hall–Kier alpha value is -0.810. The van der Waals surface area contributed by atoms with E-state index in [4.69, 9.17) is 10.6 Å². The van der Waals surface area contributed by atoms with Crippen LogP contribution in [0, 0.1) is 0 Å². The van der Waals surface area contributed by atoms with E-state index in [-0.39, 0.29) is 6.04 Å². The van der Waals surface area contributed by atoms with Gasteiger partial charge >= 0.3 is 0 Å². The van der Waals surface area contributed by atoms with Gasteiger partial charge in [-0.25, -0.2) is 10.8 Å². The summed E-state index contributed by atoms with van der Waals surface area (Å²) >= 11 is 0. The summed E-state index contributed by atoms with van der Waals surface area (Å²) in [7, 11) is 1.77. The van der Waals surface area contributed by atoms with Gasteiger partial charge in [-0.05, 0) is 26.7 Å². The first-order chi connectivity index (χ1) is 7.17. The normalized spacial score (nSPS) is 19.8. The number of hydrogen-bond donors (Lipinski definition) is 2. The lowest BCUT2D eigenvalue weighted by Crippen LogP contribution is -2.49. The first-order valence-electron chi connectivity index (χ1n) is 5.49. The highest BCUT2D eigenvalue weighted by molar-refractivity contribution is 5.79. The Bertz CT molecular complexity index is 209. The predicted octanol–water partition coefficient (Wildman–Crippen LogP) is 0.325. The molecule has 0 aliphatic carbocycles. The number of methoxy groups -OCH3 is 1. The zero-order valence-corrected chi connectivity index (χ0v) is 9.86. The van der Waals surface area contributed by atoms with Crippen LogP contribution in [0.3, 0.4) is 0 Å². The number of likely N-dealkylation sites (tertiary alicyclic amines) is 1. The van der Waals surface area contributed by atoms with Crippen LogP contribution < -0.4 is 11.3 Å². The van der Waals surface area contributed by atoms with Gasteiger partial charge in [-0.2, -0.15) is 0 Å². The molecule has 0 unspecified atom stereocenters. The van der Waals surface area contributed by atoms with Gasteiger partial charge in [0.2, 0.25) is 5.96 Å². The third-order valence-corrected chi connectivity index (χ3v) is 2.58. The Labute approximate surface area is 91.6 Å². The maximum Gasteiger partial charge on any atom is 0.208 e. The van der Waals surface area contributed by atoms with Crippen molar-refractivity contribution < 1.29 is 4.74 Å². The molecular formula is C10H22N4O. The van der Waals surface area contributed by atoms with Crippen LogP contribution in [0.15, 0.2) is 4.99 Å². The number of aliphatic imine (C=N–C) groups is 1. The van der Waals surface area contributed by atoms with Crippen molar-refractivity contribution >= 4 is 5.96 Å². The highest BCUT2D eigenvalue weighted by atomic mass is 16.5. The summed E-state index contributed by atoms with van der Waals surface area (Å²) in [5.41, 5.74) is 2.67. The molecule has 3 N–H and O–H groups in total. The number of nitrogens with two attached hydrogens (primary N) is 1.